The number of carbonyl (C=O) groups excluding carboxylic acids is 2. The molecule has 0 aliphatic heterocycles. The number of ether oxygens (including phenoxy) is 1. The highest BCUT2D eigenvalue weighted by Crippen LogP contribution is 2.22. The summed E-state index contributed by atoms with van der Waals surface area (Å²) in [5.74, 6) is -0.0408. The zero-order valence-corrected chi connectivity index (χ0v) is 13.9. The molecule has 0 atom stereocenters. The van der Waals surface area contributed by atoms with Gasteiger partial charge in [0.15, 0.2) is 5.78 Å². The van der Waals surface area contributed by atoms with Crippen LogP contribution in [-0.2, 0) is 4.79 Å². The quantitative estimate of drug-likeness (QED) is 0.592. The number of Topliss-reactive ketones (excluding diaryl/α,β-unsaturated/α-hetero) is 1. The molecule has 6 heteroatoms. The van der Waals surface area contributed by atoms with Gasteiger partial charge in [0.05, 0.1) is 17.3 Å². The summed E-state index contributed by atoms with van der Waals surface area (Å²) < 4.78 is 18.4. The SMILES string of the molecule is CC(=O)c1ccc(OCCCC(=O)Nc2ccc(F)cc2Cl)cc1. The van der Waals surface area contributed by atoms with Crippen LogP contribution in [0.5, 0.6) is 5.75 Å². The van der Waals surface area contributed by atoms with Gasteiger partial charge >= 0.3 is 0 Å². The van der Waals surface area contributed by atoms with Crippen LogP contribution in [0.4, 0.5) is 10.1 Å². The molecule has 0 spiro atoms. The molecule has 0 unspecified atom stereocenters. The maximum absolute atomic E-state index is 12.9. The molecule has 0 saturated carbocycles. The van der Waals surface area contributed by atoms with E-state index in [0.29, 0.717) is 30.0 Å². The molecule has 1 N–H and O–H groups in total. The first-order valence-corrected chi connectivity index (χ1v) is 7.82. The number of halogens is 2. The van der Waals surface area contributed by atoms with Gasteiger partial charge in [-0.3, -0.25) is 9.59 Å². The van der Waals surface area contributed by atoms with Crippen molar-refractivity contribution in [2.75, 3.05) is 11.9 Å². The molecular formula is C18H17ClFNO3. The van der Waals surface area contributed by atoms with Gasteiger partial charge in [0, 0.05) is 12.0 Å². The Bertz CT molecular complexity index is 732. The summed E-state index contributed by atoms with van der Waals surface area (Å²) in [5, 5.41) is 2.78. The van der Waals surface area contributed by atoms with Gasteiger partial charge in [0.2, 0.25) is 5.91 Å². The minimum Gasteiger partial charge on any atom is -0.494 e. The Morgan fingerprint density at radius 1 is 1.17 bits per heavy atom. The predicted molar refractivity (Wildman–Crippen MR) is 91.2 cm³/mol. The summed E-state index contributed by atoms with van der Waals surface area (Å²) >= 11 is 5.85. The first-order valence-electron chi connectivity index (χ1n) is 7.44. The summed E-state index contributed by atoms with van der Waals surface area (Å²) in [6.07, 6.45) is 0.762. The van der Waals surface area contributed by atoms with Gasteiger partial charge in [-0.25, -0.2) is 4.39 Å². The first-order chi connectivity index (χ1) is 11.5. The lowest BCUT2D eigenvalue weighted by Gasteiger charge is -2.08. The predicted octanol–water partition coefficient (Wildman–Crippen LogP) is 4.48. The first kappa shape index (κ1) is 17.9. The normalized spacial score (nSPS) is 10.3. The number of hydrogen-bond acceptors (Lipinski definition) is 3. The van der Waals surface area contributed by atoms with Crippen molar-refractivity contribution < 1.29 is 18.7 Å². The fourth-order valence-corrected chi connectivity index (χ4v) is 2.23. The Labute approximate surface area is 144 Å². The fourth-order valence-electron chi connectivity index (χ4n) is 2.01. The van der Waals surface area contributed by atoms with Crippen LogP contribution in [0.25, 0.3) is 0 Å². The third-order valence-corrected chi connectivity index (χ3v) is 3.60. The number of hydrogen-bond donors (Lipinski definition) is 1. The molecule has 0 bridgehead atoms. The minimum atomic E-state index is -0.456. The Balaban J connectivity index is 1.73. The van der Waals surface area contributed by atoms with Crippen LogP contribution >= 0.6 is 11.6 Å². The molecule has 2 rings (SSSR count). The lowest BCUT2D eigenvalue weighted by atomic mass is 10.1. The number of amides is 1. The van der Waals surface area contributed by atoms with Gasteiger partial charge in [0.1, 0.15) is 11.6 Å². The third-order valence-electron chi connectivity index (χ3n) is 3.28. The average molecular weight is 350 g/mol. The second-order valence-electron chi connectivity index (χ2n) is 5.20. The Kier molecular flexibility index (Phi) is 6.32. The van der Waals surface area contributed by atoms with E-state index in [9.17, 15) is 14.0 Å². The molecular weight excluding hydrogens is 333 g/mol. The molecule has 0 saturated heterocycles. The lowest BCUT2D eigenvalue weighted by Crippen LogP contribution is -2.13. The summed E-state index contributed by atoms with van der Waals surface area (Å²) in [6, 6.07) is 10.6. The van der Waals surface area contributed by atoms with Crippen molar-refractivity contribution in [3.05, 3.63) is 58.9 Å². The fraction of sp³-hybridized carbons (Fsp3) is 0.222. The van der Waals surface area contributed by atoms with Crippen molar-refractivity contribution in [1.29, 1.82) is 0 Å². The van der Waals surface area contributed by atoms with Crippen LogP contribution in [0.3, 0.4) is 0 Å². The zero-order valence-electron chi connectivity index (χ0n) is 13.1. The summed E-state index contributed by atoms with van der Waals surface area (Å²) in [6.45, 7) is 1.87. The van der Waals surface area contributed by atoms with E-state index in [0.717, 1.165) is 6.07 Å². The van der Waals surface area contributed by atoms with E-state index < -0.39 is 5.82 Å². The number of ketones is 1. The van der Waals surface area contributed by atoms with E-state index >= 15 is 0 Å². The monoisotopic (exact) mass is 349 g/mol. The Hall–Kier alpha value is -2.40. The topological polar surface area (TPSA) is 55.4 Å². The zero-order chi connectivity index (χ0) is 17.5. The van der Waals surface area contributed by atoms with E-state index in [1.165, 1.54) is 19.1 Å². The van der Waals surface area contributed by atoms with E-state index in [1.807, 2.05) is 0 Å². The van der Waals surface area contributed by atoms with Crippen LogP contribution < -0.4 is 10.1 Å². The third kappa shape index (κ3) is 5.35. The van der Waals surface area contributed by atoms with Crippen LogP contribution in [0.1, 0.15) is 30.1 Å². The van der Waals surface area contributed by atoms with Crippen molar-refractivity contribution >= 4 is 29.0 Å². The Morgan fingerprint density at radius 2 is 1.88 bits per heavy atom. The number of rotatable bonds is 7. The average Bonchev–Trinajstić information content (AvgIpc) is 2.55. The van der Waals surface area contributed by atoms with Crippen LogP contribution in [0, 0.1) is 5.82 Å². The second kappa shape index (κ2) is 8.45. The van der Waals surface area contributed by atoms with Gasteiger partial charge in [-0.2, -0.15) is 0 Å². The summed E-state index contributed by atoms with van der Waals surface area (Å²) in [5.41, 5.74) is 1.00. The van der Waals surface area contributed by atoms with Crippen molar-refractivity contribution in [1.82, 2.24) is 0 Å². The van der Waals surface area contributed by atoms with E-state index in [2.05, 4.69) is 5.32 Å². The molecule has 2 aromatic rings. The largest absolute Gasteiger partial charge is 0.494 e. The molecule has 0 radical (unpaired) electrons. The van der Waals surface area contributed by atoms with Crippen molar-refractivity contribution in [3.8, 4) is 5.75 Å². The maximum Gasteiger partial charge on any atom is 0.224 e. The molecule has 0 heterocycles. The van der Waals surface area contributed by atoms with Crippen molar-refractivity contribution in [2.24, 2.45) is 0 Å². The highest BCUT2D eigenvalue weighted by molar-refractivity contribution is 6.33. The summed E-state index contributed by atoms with van der Waals surface area (Å²) in [4.78, 5) is 23.0. The summed E-state index contributed by atoms with van der Waals surface area (Å²) in [7, 11) is 0. The Morgan fingerprint density at radius 3 is 2.50 bits per heavy atom. The number of anilines is 1. The van der Waals surface area contributed by atoms with Crippen molar-refractivity contribution in [2.45, 2.75) is 19.8 Å². The highest BCUT2D eigenvalue weighted by atomic mass is 35.5. The number of carbonyl (C=O) groups is 2. The van der Waals surface area contributed by atoms with Gasteiger partial charge < -0.3 is 10.1 Å². The van der Waals surface area contributed by atoms with Crippen LogP contribution in [0.15, 0.2) is 42.5 Å². The van der Waals surface area contributed by atoms with E-state index in [1.54, 1.807) is 24.3 Å². The van der Waals surface area contributed by atoms with Crippen LogP contribution in [0.2, 0.25) is 5.02 Å². The van der Waals surface area contributed by atoms with E-state index in [4.69, 9.17) is 16.3 Å². The molecule has 1 amide bonds. The highest BCUT2D eigenvalue weighted by Gasteiger charge is 2.07. The molecule has 126 valence electrons. The molecule has 4 nitrogen and oxygen atoms in total. The molecule has 0 aliphatic carbocycles. The number of nitrogens with one attached hydrogen (secondary N) is 1. The lowest BCUT2D eigenvalue weighted by molar-refractivity contribution is -0.116. The maximum atomic E-state index is 12.9. The molecule has 0 aliphatic rings. The minimum absolute atomic E-state index is 0.00215. The number of benzene rings is 2. The van der Waals surface area contributed by atoms with E-state index in [-0.39, 0.29) is 23.1 Å². The van der Waals surface area contributed by atoms with Gasteiger partial charge in [0.25, 0.3) is 0 Å². The smallest absolute Gasteiger partial charge is 0.224 e. The molecule has 24 heavy (non-hydrogen) atoms. The van der Waals surface area contributed by atoms with Crippen molar-refractivity contribution in [3.63, 3.8) is 0 Å². The van der Waals surface area contributed by atoms with Gasteiger partial charge in [-0.05, 0) is 55.8 Å². The standard InChI is InChI=1S/C18H17ClFNO3/c1-12(22)13-4-7-15(8-5-13)24-10-2-3-18(23)21-17-9-6-14(20)11-16(17)19/h4-9,11H,2-3,10H2,1H3,(H,21,23). The molecule has 0 aromatic heterocycles. The van der Waals surface area contributed by atoms with Gasteiger partial charge in [-0.15, -0.1) is 0 Å². The molecule has 2 aromatic carbocycles. The molecule has 0 fully saturated rings. The van der Waals surface area contributed by atoms with Crippen LogP contribution in [-0.4, -0.2) is 18.3 Å². The van der Waals surface area contributed by atoms with Gasteiger partial charge in [-0.1, -0.05) is 11.6 Å². The second-order valence-corrected chi connectivity index (χ2v) is 5.61.